The van der Waals surface area contributed by atoms with Crippen molar-refractivity contribution in [1.29, 1.82) is 0 Å². The maximum absolute atomic E-state index is 14.6. The van der Waals surface area contributed by atoms with Crippen LogP contribution >= 0.6 is 0 Å². The predicted octanol–water partition coefficient (Wildman–Crippen LogP) is 3.46. The molecule has 1 saturated heterocycles. The molecule has 2 aromatic rings. The maximum atomic E-state index is 14.6. The van der Waals surface area contributed by atoms with Crippen molar-refractivity contribution < 1.29 is 18.7 Å². The smallest absolute Gasteiger partial charge is 0.220 e. The fraction of sp³-hybridized carbons (Fsp3) is 0.435. The number of anilines is 1. The van der Waals surface area contributed by atoms with E-state index in [0.29, 0.717) is 22.6 Å². The summed E-state index contributed by atoms with van der Waals surface area (Å²) in [5.74, 6) is -1.78. The molecule has 3 heterocycles. The molecule has 5 rings (SSSR count). The van der Waals surface area contributed by atoms with E-state index in [1.54, 1.807) is 11.7 Å². The maximum Gasteiger partial charge on any atom is 0.220 e. The molecule has 31 heavy (non-hydrogen) atoms. The number of allylic oxidation sites excluding steroid dienone is 2. The first kappa shape index (κ1) is 20.1. The summed E-state index contributed by atoms with van der Waals surface area (Å²) in [6.45, 7) is 4.59. The molecule has 0 spiro atoms. The van der Waals surface area contributed by atoms with E-state index < -0.39 is 23.6 Å². The highest BCUT2D eigenvalue weighted by Crippen LogP contribution is 2.47. The van der Waals surface area contributed by atoms with Gasteiger partial charge in [0.15, 0.2) is 5.78 Å². The molecule has 0 amide bonds. The second-order valence-electron chi connectivity index (χ2n) is 9.06. The molecule has 1 fully saturated rings. The van der Waals surface area contributed by atoms with E-state index in [-0.39, 0.29) is 17.8 Å². The summed E-state index contributed by atoms with van der Waals surface area (Å²) in [5.41, 5.74) is 2.25. The molecule has 8 heteroatoms. The zero-order valence-electron chi connectivity index (χ0n) is 18.0. The summed E-state index contributed by atoms with van der Waals surface area (Å²) in [7, 11) is 3.26. The predicted molar refractivity (Wildman–Crippen MR) is 112 cm³/mol. The number of nitrogens with zero attached hydrogens (tertiary/aromatic N) is 3. The number of benzene rings is 1. The van der Waals surface area contributed by atoms with Gasteiger partial charge < -0.3 is 14.8 Å². The SMILES string of the molecule is COC1(c2cc(F)cc3c2C(=O)C(c2ncnn2C)C(C2=CCC(C)(C)C=C2)N3)CO1. The molecule has 162 valence electrons. The molecule has 1 aliphatic carbocycles. The fourth-order valence-electron chi connectivity index (χ4n) is 4.49. The average Bonchev–Trinajstić information content (AvgIpc) is 3.42. The van der Waals surface area contributed by atoms with Gasteiger partial charge in [-0.15, -0.1) is 0 Å². The second-order valence-corrected chi connectivity index (χ2v) is 9.06. The van der Waals surface area contributed by atoms with Crippen molar-refractivity contribution in [2.45, 2.75) is 38.0 Å². The molecule has 3 aliphatic rings. The van der Waals surface area contributed by atoms with Gasteiger partial charge in [-0.25, -0.2) is 9.37 Å². The Morgan fingerprint density at radius 3 is 2.71 bits per heavy atom. The molecule has 0 saturated carbocycles. The standard InChI is InChI=1S/C23H25FN4O3/c1-22(2)7-5-13(6-8-22)19-18(21-25-12-26-28(21)3)20(29)17-15(23(30-4)11-31-23)9-14(24)10-16(17)27-19/h5-7,9-10,12,18-19,27H,8,11H2,1-4H3. The van der Waals surface area contributed by atoms with Crippen molar-refractivity contribution in [3.8, 4) is 0 Å². The molecule has 2 aliphatic heterocycles. The van der Waals surface area contributed by atoms with Gasteiger partial charge in [-0.3, -0.25) is 9.48 Å². The molecule has 1 N–H and O–H groups in total. The Kier molecular flexibility index (Phi) is 4.43. The van der Waals surface area contributed by atoms with Gasteiger partial charge >= 0.3 is 0 Å². The van der Waals surface area contributed by atoms with Crippen LogP contribution in [0.5, 0.6) is 0 Å². The molecular weight excluding hydrogens is 399 g/mol. The third-order valence-corrected chi connectivity index (χ3v) is 6.40. The Hall–Kier alpha value is -2.84. The number of epoxide rings is 1. The van der Waals surface area contributed by atoms with E-state index in [1.165, 1.54) is 25.6 Å². The largest absolute Gasteiger partial charge is 0.376 e. The van der Waals surface area contributed by atoms with Crippen LogP contribution in [0.25, 0.3) is 0 Å². The van der Waals surface area contributed by atoms with Gasteiger partial charge in [0.25, 0.3) is 0 Å². The highest BCUT2D eigenvalue weighted by Gasteiger charge is 2.52. The van der Waals surface area contributed by atoms with E-state index >= 15 is 0 Å². The Balaban J connectivity index is 1.67. The normalized spacial score (nSPS) is 28.7. The first-order chi connectivity index (χ1) is 14.7. The molecule has 7 nitrogen and oxygen atoms in total. The average molecular weight is 424 g/mol. The number of fused-ring (bicyclic) bond motifs is 1. The van der Waals surface area contributed by atoms with Gasteiger partial charge in [-0.2, -0.15) is 5.10 Å². The molecular formula is C23H25FN4O3. The van der Waals surface area contributed by atoms with Crippen LogP contribution in [-0.4, -0.2) is 40.3 Å². The van der Waals surface area contributed by atoms with E-state index in [0.717, 1.165) is 12.0 Å². The number of halogens is 1. The molecule has 0 radical (unpaired) electrons. The number of carbonyl (C=O) groups excluding carboxylic acids is 1. The lowest BCUT2D eigenvalue weighted by atomic mass is 9.76. The van der Waals surface area contributed by atoms with Crippen LogP contribution in [0.2, 0.25) is 0 Å². The van der Waals surface area contributed by atoms with Gasteiger partial charge in [-0.1, -0.05) is 32.1 Å². The summed E-state index contributed by atoms with van der Waals surface area (Å²) in [4.78, 5) is 18.3. The lowest BCUT2D eigenvalue weighted by molar-refractivity contribution is -0.0146. The number of aryl methyl sites for hydroxylation is 1. The van der Waals surface area contributed by atoms with Crippen LogP contribution in [-0.2, 0) is 22.3 Å². The number of ether oxygens (including phenoxy) is 2. The topological polar surface area (TPSA) is 81.6 Å². The summed E-state index contributed by atoms with van der Waals surface area (Å²) in [6.07, 6.45) is 8.62. The van der Waals surface area contributed by atoms with Crippen LogP contribution in [0, 0.1) is 11.2 Å². The van der Waals surface area contributed by atoms with Crippen molar-refractivity contribution in [2.75, 3.05) is 19.0 Å². The van der Waals surface area contributed by atoms with E-state index in [2.05, 4.69) is 41.4 Å². The van der Waals surface area contributed by atoms with Crippen LogP contribution in [0.15, 0.2) is 42.3 Å². The second kappa shape index (κ2) is 6.83. The highest BCUT2D eigenvalue weighted by atomic mass is 19.1. The minimum atomic E-state index is -1.09. The van der Waals surface area contributed by atoms with E-state index in [4.69, 9.17) is 9.47 Å². The summed E-state index contributed by atoms with van der Waals surface area (Å²) >= 11 is 0. The Labute approximate surface area is 179 Å². The Bertz CT molecular complexity index is 1130. The van der Waals surface area contributed by atoms with Gasteiger partial charge in [0.2, 0.25) is 5.79 Å². The zero-order chi connectivity index (χ0) is 22.0. The van der Waals surface area contributed by atoms with Gasteiger partial charge in [-0.05, 0) is 29.5 Å². The lowest BCUT2D eigenvalue weighted by Gasteiger charge is -2.37. The highest BCUT2D eigenvalue weighted by molar-refractivity contribution is 6.09. The number of methoxy groups -OCH3 is 1. The number of ketones is 1. The molecule has 3 unspecified atom stereocenters. The first-order valence-corrected chi connectivity index (χ1v) is 10.3. The lowest BCUT2D eigenvalue weighted by Crippen LogP contribution is -2.42. The quantitative estimate of drug-likeness (QED) is 0.757. The zero-order valence-corrected chi connectivity index (χ0v) is 18.0. The first-order valence-electron chi connectivity index (χ1n) is 10.3. The van der Waals surface area contributed by atoms with Gasteiger partial charge in [0, 0.05) is 25.4 Å². The number of aromatic nitrogens is 3. The van der Waals surface area contributed by atoms with E-state index in [1.807, 2.05) is 6.08 Å². The molecule has 1 aromatic carbocycles. The van der Waals surface area contributed by atoms with Crippen molar-refractivity contribution in [1.82, 2.24) is 14.8 Å². The third-order valence-electron chi connectivity index (χ3n) is 6.40. The number of carbonyl (C=O) groups is 1. The van der Waals surface area contributed by atoms with Crippen LogP contribution in [0.1, 0.15) is 47.9 Å². The van der Waals surface area contributed by atoms with Crippen molar-refractivity contribution >= 4 is 11.5 Å². The number of hydrogen-bond acceptors (Lipinski definition) is 6. The molecule has 1 aromatic heterocycles. The van der Waals surface area contributed by atoms with Gasteiger partial charge in [0.1, 0.15) is 30.5 Å². The number of Topliss-reactive ketones (excluding diaryl/α,β-unsaturated/α-hetero) is 1. The van der Waals surface area contributed by atoms with Crippen LogP contribution in [0.3, 0.4) is 0 Å². The Morgan fingerprint density at radius 2 is 2.13 bits per heavy atom. The van der Waals surface area contributed by atoms with Crippen molar-refractivity contribution in [3.05, 3.63) is 65.0 Å². The number of rotatable bonds is 4. The summed E-state index contributed by atoms with van der Waals surface area (Å²) in [6, 6.07) is 2.29. The minimum Gasteiger partial charge on any atom is -0.376 e. The van der Waals surface area contributed by atoms with E-state index in [9.17, 15) is 9.18 Å². The Morgan fingerprint density at radius 1 is 1.35 bits per heavy atom. The number of nitrogens with one attached hydrogen (secondary N) is 1. The molecule has 3 atom stereocenters. The third kappa shape index (κ3) is 3.21. The van der Waals surface area contributed by atoms with Crippen LogP contribution < -0.4 is 5.32 Å². The van der Waals surface area contributed by atoms with Gasteiger partial charge in [0.05, 0.1) is 11.6 Å². The van der Waals surface area contributed by atoms with Crippen molar-refractivity contribution in [3.63, 3.8) is 0 Å². The summed E-state index contributed by atoms with van der Waals surface area (Å²) in [5, 5.41) is 7.60. The molecule has 0 bridgehead atoms. The fourth-order valence-corrected chi connectivity index (χ4v) is 4.49. The monoisotopic (exact) mass is 424 g/mol. The summed E-state index contributed by atoms with van der Waals surface area (Å²) < 4.78 is 27.2. The number of hydrogen-bond donors (Lipinski definition) is 1. The van der Waals surface area contributed by atoms with Crippen LogP contribution in [0.4, 0.5) is 10.1 Å². The minimum absolute atomic E-state index is 0.0494. The van der Waals surface area contributed by atoms with Crippen molar-refractivity contribution in [2.24, 2.45) is 12.5 Å².